The summed E-state index contributed by atoms with van der Waals surface area (Å²) in [5.41, 5.74) is 1.52. The van der Waals surface area contributed by atoms with Gasteiger partial charge in [0.1, 0.15) is 0 Å². The quantitative estimate of drug-likeness (QED) is 0.726. The Morgan fingerprint density at radius 1 is 1.50 bits per heavy atom. The molecular weight excluding hydrogens is 182 g/mol. The molecule has 0 atom stereocenters. The Kier molecular flexibility index (Phi) is 2.13. The van der Waals surface area contributed by atoms with Crippen LogP contribution in [0.25, 0.3) is 11.0 Å². The molecule has 74 valence electrons. The average Bonchev–Trinajstić information content (AvgIpc) is 2.44. The topological polar surface area (TPSA) is 44.4 Å². The van der Waals surface area contributed by atoms with Crippen LogP contribution in [0.15, 0.2) is 27.5 Å². The van der Waals surface area contributed by atoms with Gasteiger partial charge in [0.25, 0.3) is 5.56 Å². The third-order valence-corrected chi connectivity index (χ3v) is 2.05. The number of aromatic nitrogens is 1. The van der Waals surface area contributed by atoms with Gasteiger partial charge in [0.2, 0.25) is 0 Å². The first-order chi connectivity index (χ1) is 6.72. The predicted octanol–water partition coefficient (Wildman–Crippen LogP) is 1.51. The molecule has 4 heteroatoms. The Balaban J connectivity index is 2.67. The van der Waals surface area contributed by atoms with Gasteiger partial charge in [-0.2, -0.15) is 0 Å². The molecule has 1 heterocycles. The number of hydrogen-bond donors (Lipinski definition) is 0. The number of ether oxygens (including phenoxy) is 1. The summed E-state index contributed by atoms with van der Waals surface area (Å²) < 4.78 is 11.3. The molecule has 2 rings (SSSR count). The summed E-state index contributed by atoms with van der Waals surface area (Å²) in [5.74, 6) is 0. The van der Waals surface area contributed by atoms with Crippen LogP contribution in [-0.4, -0.2) is 11.8 Å². The standard InChI is InChI=1S/C10H11NO3/c1-7-3-4-8-9(5-7)14-11(6-13-2)10(8)12/h3-5H,6H2,1-2H3. The first kappa shape index (κ1) is 9.02. The van der Waals surface area contributed by atoms with Gasteiger partial charge in [-0.05, 0) is 24.6 Å². The lowest BCUT2D eigenvalue weighted by molar-refractivity contribution is 0.0636. The summed E-state index contributed by atoms with van der Waals surface area (Å²) in [7, 11) is 1.52. The Morgan fingerprint density at radius 3 is 3.00 bits per heavy atom. The minimum atomic E-state index is -0.151. The molecule has 0 amide bonds. The molecule has 1 aromatic carbocycles. The van der Waals surface area contributed by atoms with Crippen LogP contribution < -0.4 is 5.56 Å². The van der Waals surface area contributed by atoms with E-state index in [2.05, 4.69) is 0 Å². The van der Waals surface area contributed by atoms with Gasteiger partial charge in [-0.25, -0.2) is 0 Å². The van der Waals surface area contributed by atoms with Gasteiger partial charge in [0.15, 0.2) is 12.3 Å². The highest BCUT2D eigenvalue weighted by molar-refractivity contribution is 5.76. The van der Waals surface area contributed by atoms with Crippen LogP contribution in [0.5, 0.6) is 0 Å². The van der Waals surface area contributed by atoms with Crippen molar-refractivity contribution in [2.75, 3.05) is 7.11 Å². The summed E-state index contributed by atoms with van der Waals surface area (Å²) in [5, 5.41) is 0.590. The lowest BCUT2D eigenvalue weighted by Gasteiger charge is -1.94. The highest BCUT2D eigenvalue weighted by Gasteiger charge is 2.07. The molecule has 0 spiro atoms. The van der Waals surface area contributed by atoms with Crippen molar-refractivity contribution in [1.82, 2.24) is 4.74 Å². The smallest absolute Gasteiger partial charge is 0.292 e. The van der Waals surface area contributed by atoms with Crippen molar-refractivity contribution in [2.45, 2.75) is 13.7 Å². The van der Waals surface area contributed by atoms with E-state index in [4.69, 9.17) is 9.26 Å². The zero-order valence-electron chi connectivity index (χ0n) is 8.11. The molecule has 0 radical (unpaired) electrons. The molecule has 4 nitrogen and oxygen atoms in total. The van der Waals surface area contributed by atoms with Gasteiger partial charge < -0.3 is 9.26 Å². The van der Waals surface area contributed by atoms with E-state index in [1.54, 1.807) is 6.07 Å². The number of fused-ring (bicyclic) bond motifs is 1. The number of benzene rings is 1. The molecule has 0 aliphatic heterocycles. The largest absolute Gasteiger partial charge is 0.373 e. The molecule has 2 aromatic rings. The van der Waals surface area contributed by atoms with Crippen molar-refractivity contribution in [3.63, 3.8) is 0 Å². The maximum absolute atomic E-state index is 11.6. The second-order valence-electron chi connectivity index (χ2n) is 3.19. The van der Waals surface area contributed by atoms with Crippen molar-refractivity contribution in [2.24, 2.45) is 0 Å². The molecule has 0 N–H and O–H groups in total. The van der Waals surface area contributed by atoms with Crippen molar-refractivity contribution < 1.29 is 9.26 Å². The van der Waals surface area contributed by atoms with Gasteiger partial charge in [-0.15, -0.1) is 4.74 Å². The van der Waals surface area contributed by atoms with Gasteiger partial charge >= 0.3 is 0 Å². The van der Waals surface area contributed by atoms with Crippen molar-refractivity contribution in [3.05, 3.63) is 34.1 Å². The molecule has 0 saturated carbocycles. The van der Waals surface area contributed by atoms with E-state index in [9.17, 15) is 4.79 Å². The van der Waals surface area contributed by atoms with Gasteiger partial charge in [0.05, 0.1) is 5.39 Å². The summed E-state index contributed by atoms with van der Waals surface area (Å²) >= 11 is 0. The zero-order chi connectivity index (χ0) is 10.1. The maximum atomic E-state index is 11.6. The van der Waals surface area contributed by atoms with Crippen LogP contribution in [-0.2, 0) is 11.5 Å². The average molecular weight is 193 g/mol. The normalized spacial score (nSPS) is 11.0. The molecule has 14 heavy (non-hydrogen) atoms. The molecule has 0 fully saturated rings. The number of methoxy groups -OCH3 is 1. The van der Waals surface area contributed by atoms with Crippen LogP contribution in [0.1, 0.15) is 5.56 Å². The Hall–Kier alpha value is -1.55. The minimum Gasteiger partial charge on any atom is -0.373 e. The van der Waals surface area contributed by atoms with E-state index in [0.717, 1.165) is 5.56 Å². The Bertz CT molecular complexity index is 510. The second-order valence-corrected chi connectivity index (χ2v) is 3.19. The molecule has 0 saturated heterocycles. The fourth-order valence-corrected chi connectivity index (χ4v) is 1.38. The molecule has 1 aromatic heterocycles. The van der Waals surface area contributed by atoms with Gasteiger partial charge in [0, 0.05) is 7.11 Å². The van der Waals surface area contributed by atoms with E-state index >= 15 is 0 Å². The highest BCUT2D eigenvalue weighted by Crippen LogP contribution is 2.12. The monoisotopic (exact) mass is 193 g/mol. The van der Waals surface area contributed by atoms with Crippen LogP contribution in [0, 0.1) is 6.92 Å². The number of rotatable bonds is 2. The highest BCUT2D eigenvalue weighted by atomic mass is 16.6. The zero-order valence-corrected chi connectivity index (χ0v) is 8.11. The van der Waals surface area contributed by atoms with E-state index in [1.165, 1.54) is 11.8 Å². The summed E-state index contributed by atoms with van der Waals surface area (Å²) in [4.78, 5) is 11.6. The van der Waals surface area contributed by atoms with Gasteiger partial charge in [-0.3, -0.25) is 4.79 Å². The number of nitrogens with zero attached hydrogens (tertiary/aromatic N) is 1. The van der Waals surface area contributed by atoms with Crippen LogP contribution in [0.4, 0.5) is 0 Å². The van der Waals surface area contributed by atoms with E-state index in [1.807, 2.05) is 19.1 Å². The molecule has 0 bridgehead atoms. The maximum Gasteiger partial charge on any atom is 0.292 e. The third kappa shape index (κ3) is 1.33. The predicted molar refractivity (Wildman–Crippen MR) is 52.2 cm³/mol. The first-order valence-corrected chi connectivity index (χ1v) is 4.32. The van der Waals surface area contributed by atoms with Crippen molar-refractivity contribution in [1.29, 1.82) is 0 Å². The Labute approximate surface area is 80.7 Å². The van der Waals surface area contributed by atoms with E-state index in [-0.39, 0.29) is 12.3 Å². The SMILES string of the molecule is COCn1oc2cc(C)ccc2c1=O. The lowest BCUT2D eigenvalue weighted by atomic mass is 10.2. The lowest BCUT2D eigenvalue weighted by Crippen LogP contribution is -2.14. The number of aryl methyl sites for hydroxylation is 1. The minimum absolute atomic E-state index is 0.145. The Morgan fingerprint density at radius 2 is 2.29 bits per heavy atom. The van der Waals surface area contributed by atoms with E-state index in [0.29, 0.717) is 11.0 Å². The molecule has 0 aliphatic carbocycles. The summed E-state index contributed by atoms with van der Waals surface area (Å²) in [6.45, 7) is 2.10. The van der Waals surface area contributed by atoms with Crippen molar-refractivity contribution in [3.8, 4) is 0 Å². The first-order valence-electron chi connectivity index (χ1n) is 4.32. The summed E-state index contributed by atoms with van der Waals surface area (Å²) in [6.07, 6.45) is 0. The van der Waals surface area contributed by atoms with Crippen molar-refractivity contribution >= 4 is 11.0 Å². The fourth-order valence-electron chi connectivity index (χ4n) is 1.38. The van der Waals surface area contributed by atoms with E-state index < -0.39 is 0 Å². The van der Waals surface area contributed by atoms with Gasteiger partial charge in [-0.1, -0.05) is 6.07 Å². The third-order valence-electron chi connectivity index (χ3n) is 2.05. The molecular formula is C10H11NO3. The van der Waals surface area contributed by atoms with Crippen LogP contribution >= 0.6 is 0 Å². The molecule has 0 unspecified atom stereocenters. The summed E-state index contributed by atoms with van der Waals surface area (Å²) in [6, 6.07) is 5.49. The fraction of sp³-hybridized carbons (Fsp3) is 0.300. The van der Waals surface area contributed by atoms with Crippen LogP contribution in [0.3, 0.4) is 0 Å². The number of hydrogen-bond acceptors (Lipinski definition) is 3. The molecule has 0 aliphatic rings. The van der Waals surface area contributed by atoms with Crippen LogP contribution in [0.2, 0.25) is 0 Å². The second kappa shape index (κ2) is 3.31.